The van der Waals surface area contributed by atoms with Gasteiger partial charge in [-0.1, -0.05) is 30.8 Å². The Balaban J connectivity index is 2.16. The fraction of sp³-hybridized carbons (Fsp3) is 0.182. The molecule has 0 spiro atoms. The van der Waals surface area contributed by atoms with Crippen LogP contribution in [0.2, 0.25) is 0 Å². The quantitative estimate of drug-likeness (QED) is 0.630. The minimum absolute atomic E-state index is 0.0733. The number of sulfone groups is 1. The van der Waals surface area contributed by atoms with Crippen molar-refractivity contribution in [3.63, 3.8) is 0 Å². The molecule has 0 radical (unpaired) electrons. The first-order chi connectivity index (χ1) is 13.7. The van der Waals surface area contributed by atoms with Crippen molar-refractivity contribution in [1.29, 1.82) is 5.26 Å². The zero-order chi connectivity index (χ0) is 21.2. The van der Waals surface area contributed by atoms with Crippen molar-refractivity contribution < 1.29 is 13.5 Å². The highest BCUT2D eigenvalue weighted by atomic mass is 32.2. The molecule has 0 fully saturated rings. The molecule has 148 valence electrons. The number of aryl methyl sites for hydroxylation is 1. The van der Waals surface area contributed by atoms with Gasteiger partial charge < -0.3 is 9.67 Å². The van der Waals surface area contributed by atoms with Crippen molar-refractivity contribution in [3.05, 3.63) is 82.2 Å². The molecule has 0 saturated carbocycles. The normalized spacial score (nSPS) is 11.3. The second kappa shape index (κ2) is 7.94. The van der Waals surface area contributed by atoms with Gasteiger partial charge in [0, 0.05) is 24.4 Å². The first-order valence-electron chi connectivity index (χ1n) is 8.91. The van der Waals surface area contributed by atoms with E-state index in [9.17, 15) is 18.3 Å². The van der Waals surface area contributed by atoms with Crippen LogP contribution in [0.1, 0.15) is 23.1 Å². The van der Waals surface area contributed by atoms with Gasteiger partial charge in [-0.15, -0.1) is 0 Å². The average Bonchev–Trinajstić information content (AvgIpc) is 2.67. The highest BCUT2D eigenvalue weighted by molar-refractivity contribution is 7.90. The Hall–Kier alpha value is -3.37. The van der Waals surface area contributed by atoms with Gasteiger partial charge in [0.1, 0.15) is 5.76 Å². The predicted molar refractivity (Wildman–Crippen MR) is 112 cm³/mol. The van der Waals surface area contributed by atoms with Crippen LogP contribution in [0.25, 0.3) is 16.7 Å². The van der Waals surface area contributed by atoms with Crippen molar-refractivity contribution in [1.82, 2.24) is 4.57 Å². The molecule has 3 aromatic rings. The standard InChI is InChI=1S/C22H20N2O4S/c1-15(25)19-14-24(11-5-10-23)20-9-8-16(13-18(20)22(19)26)12-17-6-3-4-7-21(17)29(2,27)28/h3-4,6-9,13-14,25H,1,5,11-12H2,2H3. The molecule has 0 saturated heterocycles. The van der Waals surface area contributed by atoms with E-state index in [4.69, 9.17) is 5.26 Å². The molecule has 1 N–H and O–H groups in total. The van der Waals surface area contributed by atoms with Crippen LogP contribution < -0.4 is 5.43 Å². The van der Waals surface area contributed by atoms with E-state index in [1.807, 2.05) is 6.07 Å². The first kappa shape index (κ1) is 20.4. The fourth-order valence-corrected chi connectivity index (χ4v) is 4.29. The van der Waals surface area contributed by atoms with Crippen molar-refractivity contribution >= 4 is 26.5 Å². The van der Waals surface area contributed by atoms with Gasteiger partial charge in [0.25, 0.3) is 0 Å². The lowest BCUT2D eigenvalue weighted by atomic mass is 10.0. The summed E-state index contributed by atoms with van der Waals surface area (Å²) in [6.07, 6.45) is 3.25. The molecule has 3 rings (SSSR count). The second-order valence-corrected chi connectivity index (χ2v) is 8.81. The van der Waals surface area contributed by atoms with E-state index in [0.717, 1.165) is 5.56 Å². The van der Waals surface area contributed by atoms with Gasteiger partial charge in [0.05, 0.1) is 28.5 Å². The van der Waals surface area contributed by atoms with Gasteiger partial charge in [-0.2, -0.15) is 5.26 Å². The molecule has 7 heteroatoms. The van der Waals surface area contributed by atoms with Crippen LogP contribution in [-0.2, 0) is 22.8 Å². The molecule has 0 atom stereocenters. The van der Waals surface area contributed by atoms with Crippen molar-refractivity contribution in [3.8, 4) is 6.07 Å². The summed E-state index contributed by atoms with van der Waals surface area (Å²) in [6.45, 7) is 3.82. The van der Waals surface area contributed by atoms with Gasteiger partial charge in [0.15, 0.2) is 15.3 Å². The van der Waals surface area contributed by atoms with Crippen molar-refractivity contribution in [2.24, 2.45) is 0 Å². The Morgan fingerprint density at radius 3 is 2.62 bits per heavy atom. The van der Waals surface area contributed by atoms with Crippen LogP contribution in [0.4, 0.5) is 0 Å². The first-order valence-corrected chi connectivity index (χ1v) is 10.8. The summed E-state index contributed by atoms with van der Waals surface area (Å²) in [6, 6.07) is 14.1. The Bertz CT molecular complexity index is 1310. The SMILES string of the molecule is C=C(O)c1cn(CCC#N)c2ccc(Cc3ccccc3S(C)(=O)=O)cc2c1=O. The number of hydrogen-bond donors (Lipinski definition) is 1. The topological polar surface area (TPSA) is 100 Å². The molecule has 0 aliphatic rings. The molecule has 29 heavy (non-hydrogen) atoms. The molecule has 1 heterocycles. The Morgan fingerprint density at radius 2 is 1.97 bits per heavy atom. The van der Waals surface area contributed by atoms with Gasteiger partial charge >= 0.3 is 0 Å². The van der Waals surface area contributed by atoms with Crippen LogP contribution >= 0.6 is 0 Å². The summed E-state index contributed by atoms with van der Waals surface area (Å²) in [7, 11) is -3.38. The summed E-state index contributed by atoms with van der Waals surface area (Å²) in [4.78, 5) is 13.1. The molecular weight excluding hydrogens is 388 g/mol. The number of aliphatic hydroxyl groups excluding tert-OH is 1. The van der Waals surface area contributed by atoms with E-state index in [1.165, 1.54) is 12.5 Å². The van der Waals surface area contributed by atoms with Crippen LogP contribution in [0.5, 0.6) is 0 Å². The smallest absolute Gasteiger partial charge is 0.200 e. The Labute approximate surface area is 168 Å². The lowest BCUT2D eigenvalue weighted by Crippen LogP contribution is -2.15. The molecule has 0 aliphatic carbocycles. The number of hydrogen-bond acceptors (Lipinski definition) is 5. The van der Waals surface area contributed by atoms with Gasteiger partial charge in [-0.3, -0.25) is 4.79 Å². The molecule has 2 aromatic carbocycles. The van der Waals surface area contributed by atoms with E-state index < -0.39 is 9.84 Å². The fourth-order valence-electron chi connectivity index (χ4n) is 3.35. The Morgan fingerprint density at radius 1 is 1.24 bits per heavy atom. The number of aliphatic hydroxyl groups is 1. The van der Waals surface area contributed by atoms with Crippen LogP contribution in [-0.4, -0.2) is 24.3 Å². The second-order valence-electron chi connectivity index (χ2n) is 6.83. The van der Waals surface area contributed by atoms with Crippen molar-refractivity contribution in [2.75, 3.05) is 6.26 Å². The lowest BCUT2D eigenvalue weighted by Gasteiger charge is -2.13. The number of aromatic nitrogens is 1. The third kappa shape index (κ3) is 4.23. The third-order valence-corrected chi connectivity index (χ3v) is 5.88. The summed E-state index contributed by atoms with van der Waals surface area (Å²) < 4.78 is 25.9. The van der Waals surface area contributed by atoms with Gasteiger partial charge in [-0.05, 0) is 35.7 Å². The molecule has 0 unspecified atom stereocenters. The van der Waals surface area contributed by atoms with Gasteiger partial charge in [-0.25, -0.2) is 8.42 Å². The maximum absolute atomic E-state index is 12.8. The van der Waals surface area contributed by atoms with E-state index in [0.29, 0.717) is 29.4 Å². The minimum Gasteiger partial charge on any atom is -0.508 e. The number of fused-ring (bicyclic) bond motifs is 1. The highest BCUT2D eigenvalue weighted by Crippen LogP contribution is 2.22. The summed E-state index contributed by atoms with van der Waals surface area (Å²) >= 11 is 0. The van der Waals surface area contributed by atoms with E-state index in [1.54, 1.807) is 41.0 Å². The van der Waals surface area contributed by atoms with E-state index in [-0.39, 0.29) is 28.1 Å². The number of nitriles is 1. The van der Waals surface area contributed by atoms with Gasteiger partial charge in [0.2, 0.25) is 0 Å². The van der Waals surface area contributed by atoms with Crippen LogP contribution in [0, 0.1) is 11.3 Å². The zero-order valence-electron chi connectivity index (χ0n) is 15.9. The molecule has 1 aromatic heterocycles. The van der Waals surface area contributed by atoms with E-state index in [2.05, 4.69) is 12.6 Å². The third-order valence-electron chi connectivity index (χ3n) is 4.69. The van der Waals surface area contributed by atoms with Crippen LogP contribution in [0.15, 0.2) is 64.9 Å². The molecule has 0 amide bonds. The lowest BCUT2D eigenvalue weighted by molar-refractivity contribution is 0.512. The van der Waals surface area contributed by atoms with Crippen molar-refractivity contribution in [2.45, 2.75) is 24.3 Å². The summed E-state index contributed by atoms with van der Waals surface area (Å²) in [5, 5.41) is 19.1. The maximum atomic E-state index is 12.8. The van der Waals surface area contributed by atoms with Crippen LogP contribution in [0.3, 0.4) is 0 Å². The largest absolute Gasteiger partial charge is 0.508 e. The highest BCUT2D eigenvalue weighted by Gasteiger charge is 2.15. The maximum Gasteiger partial charge on any atom is 0.200 e. The summed E-state index contributed by atoms with van der Waals surface area (Å²) in [5.74, 6) is -0.338. The monoisotopic (exact) mass is 408 g/mol. The zero-order valence-corrected chi connectivity index (χ0v) is 16.7. The Kier molecular flexibility index (Phi) is 5.57. The number of benzene rings is 2. The number of nitrogens with zero attached hydrogens (tertiary/aromatic N) is 2. The number of pyridine rings is 1. The predicted octanol–water partition coefficient (Wildman–Crippen LogP) is 3.44. The summed E-state index contributed by atoms with van der Waals surface area (Å²) in [5.41, 5.74) is 1.75. The average molecular weight is 408 g/mol. The molecule has 0 aliphatic heterocycles. The minimum atomic E-state index is -3.38. The molecule has 6 nitrogen and oxygen atoms in total. The van der Waals surface area contributed by atoms with E-state index >= 15 is 0 Å². The number of rotatable bonds is 6. The molecular formula is C22H20N2O4S. The molecule has 0 bridgehead atoms.